The van der Waals surface area contributed by atoms with Gasteiger partial charge in [0.2, 0.25) is 0 Å². The van der Waals surface area contributed by atoms with E-state index in [0.717, 1.165) is 26.9 Å². The Morgan fingerprint density at radius 1 is 1.47 bits per heavy atom. The van der Waals surface area contributed by atoms with E-state index in [0.29, 0.717) is 0 Å². The van der Waals surface area contributed by atoms with Crippen molar-refractivity contribution in [2.45, 2.75) is 19.3 Å². The van der Waals surface area contributed by atoms with Gasteiger partial charge in [0.1, 0.15) is 0 Å². The molecule has 1 aromatic carbocycles. The van der Waals surface area contributed by atoms with Gasteiger partial charge in [-0.3, -0.25) is 0 Å². The third kappa shape index (κ3) is 3.28. The molecule has 0 aliphatic carbocycles. The number of hydrogen-bond donors (Lipinski definition) is 1. The van der Waals surface area contributed by atoms with Crippen LogP contribution in [0.25, 0.3) is 0 Å². The molecule has 2 rings (SSSR count). The molecule has 1 unspecified atom stereocenters. The highest BCUT2D eigenvalue weighted by atomic mass is 35.5. The fourth-order valence-electron chi connectivity index (χ4n) is 1.55. The zero-order valence-electron chi connectivity index (χ0n) is 9.56. The number of aliphatic hydroxyl groups is 1. The molecule has 0 amide bonds. The largest absolute Gasteiger partial charge is 0.396 e. The van der Waals surface area contributed by atoms with E-state index < -0.39 is 0 Å². The smallest absolute Gasteiger partial charge is 0.0971 e. The molecule has 0 radical (unpaired) electrons. The van der Waals surface area contributed by atoms with Gasteiger partial charge in [0.25, 0.3) is 0 Å². The fourth-order valence-corrected chi connectivity index (χ4v) is 2.76. The molecule has 0 aliphatic rings. The van der Waals surface area contributed by atoms with Gasteiger partial charge in [0.15, 0.2) is 0 Å². The van der Waals surface area contributed by atoms with E-state index in [1.54, 1.807) is 11.3 Å². The first-order valence-corrected chi connectivity index (χ1v) is 6.68. The summed E-state index contributed by atoms with van der Waals surface area (Å²) in [6.07, 6.45) is 2.65. The lowest BCUT2D eigenvalue weighted by Gasteiger charge is -2.01. The minimum Gasteiger partial charge on any atom is -0.396 e. The van der Waals surface area contributed by atoms with Gasteiger partial charge in [0.05, 0.1) is 11.6 Å². The standard InChI is InChI=1S/C13H14ClNOS/c1-9(8-16)12-7-15-13(17-12)6-10-3-2-4-11(14)5-10/h2-5,7,9,16H,6,8H2,1H3. The molecular weight excluding hydrogens is 254 g/mol. The topological polar surface area (TPSA) is 33.1 Å². The van der Waals surface area contributed by atoms with Gasteiger partial charge in [-0.1, -0.05) is 30.7 Å². The van der Waals surface area contributed by atoms with Crippen molar-refractivity contribution in [2.75, 3.05) is 6.61 Å². The summed E-state index contributed by atoms with van der Waals surface area (Å²) < 4.78 is 0. The maximum atomic E-state index is 9.09. The molecule has 1 atom stereocenters. The molecule has 0 bridgehead atoms. The van der Waals surface area contributed by atoms with Crippen LogP contribution >= 0.6 is 22.9 Å². The van der Waals surface area contributed by atoms with Crippen LogP contribution in [0.15, 0.2) is 30.5 Å². The number of nitrogens with zero attached hydrogens (tertiary/aromatic N) is 1. The Bertz CT molecular complexity index is 498. The summed E-state index contributed by atoms with van der Waals surface area (Å²) in [5.74, 6) is 0.167. The molecular formula is C13H14ClNOS. The first-order valence-electron chi connectivity index (χ1n) is 5.49. The summed E-state index contributed by atoms with van der Waals surface area (Å²) >= 11 is 7.59. The molecule has 1 N–H and O–H groups in total. The van der Waals surface area contributed by atoms with Crippen LogP contribution in [0.1, 0.15) is 28.3 Å². The van der Waals surface area contributed by atoms with E-state index in [-0.39, 0.29) is 12.5 Å². The van der Waals surface area contributed by atoms with Gasteiger partial charge >= 0.3 is 0 Å². The number of benzene rings is 1. The van der Waals surface area contributed by atoms with Crippen LogP contribution in [0.5, 0.6) is 0 Å². The quantitative estimate of drug-likeness (QED) is 0.920. The van der Waals surface area contributed by atoms with Gasteiger partial charge in [-0.15, -0.1) is 11.3 Å². The molecule has 1 heterocycles. The second kappa shape index (κ2) is 5.63. The Kier molecular flexibility index (Phi) is 4.15. The lowest BCUT2D eigenvalue weighted by Crippen LogP contribution is -1.94. The Morgan fingerprint density at radius 2 is 2.29 bits per heavy atom. The highest BCUT2D eigenvalue weighted by Crippen LogP contribution is 2.24. The highest BCUT2D eigenvalue weighted by molar-refractivity contribution is 7.11. The van der Waals surface area contributed by atoms with E-state index in [4.69, 9.17) is 16.7 Å². The Hall–Kier alpha value is -0.900. The van der Waals surface area contributed by atoms with E-state index in [1.807, 2.05) is 37.4 Å². The Labute approximate surface area is 110 Å². The number of aromatic nitrogens is 1. The first-order chi connectivity index (χ1) is 8.19. The summed E-state index contributed by atoms with van der Waals surface area (Å²) in [5, 5.41) is 10.9. The van der Waals surface area contributed by atoms with Gasteiger partial charge < -0.3 is 5.11 Å². The molecule has 1 aromatic heterocycles. The molecule has 90 valence electrons. The predicted molar refractivity (Wildman–Crippen MR) is 71.9 cm³/mol. The predicted octanol–water partition coefficient (Wildman–Crippen LogP) is 3.48. The summed E-state index contributed by atoms with van der Waals surface area (Å²) in [7, 11) is 0. The third-order valence-corrected chi connectivity index (χ3v) is 4.04. The van der Waals surface area contributed by atoms with Crippen molar-refractivity contribution in [3.8, 4) is 0 Å². The SMILES string of the molecule is CC(CO)c1cnc(Cc2cccc(Cl)c2)s1. The second-order valence-corrected chi connectivity index (χ2v) is 5.63. The van der Waals surface area contributed by atoms with Crippen LogP contribution in [0, 0.1) is 0 Å². The number of rotatable bonds is 4. The van der Waals surface area contributed by atoms with Crippen molar-refractivity contribution in [3.63, 3.8) is 0 Å². The maximum absolute atomic E-state index is 9.09. The lowest BCUT2D eigenvalue weighted by molar-refractivity contribution is 0.274. The van der Waals surface area contributed by atoms with Crippen LogP contribution in [0.4, 0.5) is 0 Å². The van der Waals surface area contributed by atoms with Crippen molar-refractivity contribution in [3.05, 3.63) is 50.9 Å². The number of aliphatic hydroxyl groups excluding tert-OH is 1. The molecule has 0 saturated carbocycles. The van der Waals surface area contributed by atoms with Crippen molar-refractivity contribution in [1.82, 2.24) is 4.98 Å². The van der Waals surface area contributed by atoms with Gasteiger partial charge in [-0.25, -0.2) is 4.98 Å². The van der Waals surface area contributed by atoms with Crippen molar-refractivity contribution in [2.24, 2.45) is 0 Å². The molecule has 2 aromatic rings. The van der Waals surface area contributed by atoms with Crippen molar-refractivity contribution in [1.29, 1.82) is 0 Å². The normalized spacial score (nSPS) is 12.6. The molecule has 0 aliphatic heterocycles. The van der Waals surface area contributed by atoms with Crippen LogP contribution in [-0.4, -0.2) is 16.7 Å². The van der Waals surface area contributed by atoms with Crippen molar-refractivity contribution >= 4 is 22.9 Å². The molecule has 2 nitrogen and oxygen atoms in total. The third-order valence-electron chi connectivity index (χ3n) is 2.58. The van der Waals surface area contributed by atoms with Crippen LogP contribution < -0.4 is 0 Å². The molecule has 4 heteroatoms. The van der Waals surface area contributed by atoms with Crippen LogP contribution in [0.2, 0.25) is 5.02 Å². The fraction of sp³-hybridized carbons (Fsp3) is 0.308. The molecule has 17 heavy (non-hydrogen) atoms. The lowest BCUT2D eigenvalue weighted by atomic mass is 10.2. The number of halogens is 1. The summed E-state index contributed by atoms with van der Waals surface area (Å²) in [6.45, 7) is 2.16. The van der Waals surface area contributed by atoms with E-state index in [9.17, 15) is 0 Å². The van der Waals surface area contributed by atoms with E-state index >= 15 is 0 Å². The van der Waals surface area contributed by atoms with Crippen LogP contribution in [-0.2, 0) is 6.42 Å². The Morgan fingerprint density at radius 3 is 3.00 bits per heavy atom. The van der Waals surface area contributed by atoms with Gasteiger partial charge in [-0.05, 0) is 17.7 Å². The number of thiazole rings is 1. The van der Waals surface area contributed by atoms with Crippen LogP contribution in [0.3, 0.4) is 0 Å². The minimum atomic E-state index is 0.165. The Balaban J connectivity index is 2.11. The van der Waals surface area contributed by atoms with Crippen molar-refractivity contribution < 1.29 is 5.11 Å². The first kappa shape index (κ1) is 12.6. The van der Waals surface area contributed by atoms with Gasteiger partial charge in [0, 0.05) is 28.4 Å². The summed E-state index contributed by atoms with van der Waals surface area (Å²) in [4.78, 5) is 5.50. The zero-order valence-corrected chi connectivity index (χ0v) is 11.1. The molecule has 0 fully saturated rings. The zero-order chi connectivity index (χ0) is 12.3. The monoisotopic (exact) mass is 267 g/mol. The number of hydrogen-bond acceptors (Lipinski definition) is 3. The maximum Gasteiger partial charge on any atom is 0.0971 e. The minimum absolute atomic E-state index is 0.165. The average molecular weight is 268 g/mol. The van der Waals surface area contributed by atoms with E-state index in [2.05, 4.69) is 4.98 Å². The summed E-state index contributed by atoms with van der Waals surface area (Å²) in [6, 6.07) is 7.81. The molecule has 0 spiro atoms. The highest BCUT2D eigenvalue weighted by Gasteiger charge is 2.09. The average Bonchev–Trinajstić information content (AvgIpc) is 2.76. The summed E-state index contributed by atoms with van der Waals surface area (Å²) in [5.41, 5.74) is 1.16. The molecule has 0 saturated heterocycles. The second-order valence-electron chi connectivity index (χ2n) is 4.05. The van der Waals surface area contributed by atoms with E-state index in [1.165, 1.54) is 0 Å². The van der Waals surface area contributed by atoms with Gasteiger partial charge in [-0.2, -0.15) is 0 Å².